The molecule has 0 saturated carbocycles. The molecule has 0 saturated heterocycles. The lowest BCUT2D eigenvalue weighted by molar-refractivity contribution is -0.113. The van der Waals surface area contributed by atoms with E-state index in [0.29, 0.717) is 10.6 Å². The van der Waals surface area contributed by atoms with Gasteiger partial charge in [0, 0.05) is 11.9 Å². The molecule has 3 heterocycles. The molecule has 0 bridgehead atoms. The van der Waals surface area contributed by atoms with Crippen LogP contribution < -0.4 is 5.32 Å². The van der Waals surface area contributed by atoms with Crippen molar-refractivity contribution in [3.05, 3.63) is 51.9 Å². The monoisotopic (exact) mass is 402 g/mol. The Hall–Kier alpha value is -2.90. The van der Waals surface area contributed by atoms with Gasteiger partial charge in [-0.1, -0.05) is 0 Å². The fourth-order valence-electron chi connectivity index (χ4n) is 3.08. The summed E-state index contributed by atoms with van der Waals surface area (Å²) in [5.74, 6) is -0.388. The minimum absolute atomic E-state index is 0.0393. The molecule has 2 aliphatic rings. The van der Waals surface area contributed by atoms with Crippen molar-refractivity contribution in [1.29, 1.82) is 5.26 Å². The minimum Gasteiger partial charge on any atom is -0.463 e. The Morgan fingerprint density at radius 2 is 2.26 bits per heavy atom. The van der Waals surface area contributed by atoms with Gasteiger partial charge in [0.1, 0.15) is 22.5 Å². The molecule has 138 valence electrons. The van der Waals surface area contributed by atoms with Gasteiger partial charge in [0.2, 0.25) is 0 Å². The first-order valence-corrected chi connectivity index (χ1v) is 10.3. The number of thiophene rings is 1. The van der Waals surface area contributed by atoms with Crippen molar-refractivity contribution in [2.24, 2.45) is 4.40 Å². The van der Waals surface area contributed by atoms with E-state index in [1.807, 2.05) is 0 Å². The highest BCUT2D eigenvalue weighted by atomic mass is 32.2. The molecule has 0 fully saturated rings. The molecule has 0 spiro atoms. The second-order valence-electron chi connectivity index (χ2n) is 6.06. The maximum absolute atomic E-state index is 12.8. The Kier molecular flexibility index (Phi) is 4.13. The van der Waals surface area contributed by atoms with Gasteiger partial charge in [-0.2, -0.15) is 13.7 Å². The third-order valence-electron chi connectivity index (χ3n) is 4.44. The van der Waals surface area contributed by atoms with E-state index < -0.39 is 16.1 Å². The van der Waals surface area contributed by atoms with E-state index in [1.54, 1.807) is 12.1 Å². The minimum atomic E-state index is -4.06. The SMILES string of the molecule is CN1C(C(=O)Nc2sc3c(c2C#N)CCC3)=CC(c2ccco2)=NS1(=O)=O. The number of amides is 1. The van der Waals surface area contributed by atoms with Gasteiger partial charge < -0.3 is 9.73 Å². The van der Waals surface area contributed by atoms with Gasteiger partial charge >= 0.3 is 10.2 Å². The predicted molar refractivity (Wildman–Crippen MR) is 99.7 cm³/mol. The van der Waals surface area contributed by atoms with Crippen LogP contribution in [0.1, 0.15) is 28.2 Å². The van der Waals surface area contributed by atoms with E-state index in [4.69, 9.17) is 4.42 Å². The van der Waals surface area contributed by atoms with Gasteiger partial charge in [-0.3, -0.25) is 4.79 Å². The smallest absolute Gasteiger partial charge is 0.345 e. The summed E-state index contributed by atoms with van der Waals surface area (Å²) in [5, 5.41) is 12.6. The van der Waals surface area contributed by atoms with E-state index in [0.717, 1.165) is 34.0 Å². The lowest BCUT2D eigenvalue weighted by Gasteiger charge is -2.22. The van der Waals surface area contributed by atoms with Crippen molar-refractivity contribution in [3.8, 4) is 6.07 Å². The molecule has 2 aromatic heterocycles. The molecule has 27 heavy (non-hydrogen) atoms. The summed E-state index contributed by atoms with van der Waals surface area (Å²) in [4.78, 5) is 13.9. The van der Waals surface area contributed by atoms with E-state index in [1.165, 1.54) is 30.7 Å². The highest BCUT2D eigenvalue weighted by molar-refractivity contribution is 7.88. The van der Waals surface area contributed by atoms with Crippen molar-refractivity contribution in [2.45, 2.75) is 19.3 Å². The van der Waals surface area contributed by atoms with Crippen LogP contribution in [0.15, 0.2) is 39.0 Å². The van der Waals surface area contributed by atoms with Crippen molar-refractivity contribution >= 4 is 38.2 Å². The Labute approximate surface area is 159 Å². The van der Waals surface area contributed by atoms with Crippen molar-refractivity contribution in [1.82, 2.24) is 4.31 Å². The summed E-state index contributed by atoms with van der Waals surface area (Å²) in [6, 6.07) is 5.31. The Bertz CT molecular complexity index is 1130. The van der Waals surface area contributed by atoms with E-state index >= 15 is 0 Å². The Balaban J connectivity index is 1.69. The maximum atomic E-state index is 12.8. The molecular formula is C17H14N4O4S2. The van der Waals surface area contributed by atoms with Gasteiger partial charge in [0.25, 0.3) is 5.91 Å². The van der Waals surface area contributed by atoms with Gasteiger partial charge in [-0.15, -0.1) is 15.7 Å². The van der Waals surface area contributed by atoms with Crippen LogP contribution in [0.3, 0.4) is 0 Å². The third kappa shape index (κ3) is 2.94. The number of anilines is 1. The second kappa shape index (κ2) is 6.37. The number of nitriles is 1. The van der Waals surface area contributed by atoms with Crippen LogP contribution in [0.2, 0.25) is 0 Å². The summed E-state index contributed by atoms with van der Waals surface area (Å²) in [6.07, 6.45) is 5.44. The van der Waals surface area contributed by atoms with Crippen molar-refractivity contribution in [3.63, 3.8) is 0 Å². The lowest BCUT2D eigenvalue weighted by atomic mass is 10.1. The summed E-state index contributed by atoms with van der Waals surface area (Å²) in [6.45, 7) is 0. The average Bonchev–Trinajstić information content (AvgIpc) is 3.33. The van der Waals surface area contributed by atoms with Crippen molar-refractivity contribution < 1.29 is 17.6 Å². The van der Waals surface area contributed by atoms with E-state index in [2.05, 4.69) is 15.8 Å². The molecular weight excluding hydrogens is 388 g/mol. The lowest BCUT2D eigenvalue weighted by Crippen LogP contribution is -2.35. The Morgan fingerprint density at radius 3 is 2.96 bits per heavy atom. The average molecular weight is 402 g/mol. The highest BCUT2D eigenvalue weighted by Gasteiger charge is 2.32. The summed E-state index contributed by atoms with van der Waals surface area (Å²) < 4.78 is 34.3. The zero-order valence-electron chi connectivity index (χ0n) is 14.2. The van der Waals surface area contributed by atoms with Crippen LogP contribution in [0.25, 0.3) is 0 Å². The fourth-order valence-corrected chi connectivity index (χ4v) is 5.22. The molecule has 0 unspecified atom stereocenters. The molecule has 0 atom stereocenters. The number of likely N-dealkylation sites (N-methyl/N-ethyl adjacent to an activating group) is 1. The number of allylic oxidation sites excluding steroid dienone is 1. The summed E-state index contributed by atoms with van der Waals surface area (Å²) in [7, 11) is -2.81. The zero-order chi connectivity index (χ0) is 19.2. The molecule has 0 aromatic carbocycles. The number of carbonyl (C=O) groups excluding carboxylic acids is 1. The molecule has 10 heteroatoms. The predicted octanol–water partition coefficient (Wildman–Crippen LogP) is 2.20. The van der Waals surface area contributed by atoms with Gasteiger partial charge in [0.05, 0.1) is 11.8 Å². The molecule has 1 N–H and O–H groups in total. The number of carbonyl (C=O) groups is 1. The number of nitrogens with one attached hydrogen (secondary N) is 1. The number of hydrogen-bond acceptors (Lipinski definition) is 6. The molecule has 1 aliphatic heterocycles. The molecule has 8 nitrogen and oxygen atoms in total. The number of furan rings is 1. The highest BCUT2D eigenvalue weighted by Crippen LogP contribution is 2.38. The first-order valence-electron chi connectivity index (χ1n) is 8.11. The van der Waals surface area contributed by atoms with Crippen LogP contribution >= 0.6 is 11.3 Å². The topological polar surface area (TPSA) is 116 Å². The maximum Gasteiger partial charge on any atom is 0.345 e. The molecule has 2 aromatic rings. The molecule has 1 aliphatic carbocycles. The van der Waals surface area contributed by atoms with Crippen LogP contribution in [0.4, 0.5) is 5.00 Å². The van der Waals surface area contributed by atoms with Crippen LogP contribution in [-0.2, 0) is 27.8 Å². The third-order valence-corrected chi connectivity index (χ3v) is 6.96. The number of hydrogen-bond donors (Lipinski definition) is 1. The summed E-state index contributed by atoms with van der Waals surface area (Å²) in [5.41, 5.74) is 1.38. The van der Waals surface area contributed by atoms with Crippen LogP contribution in [-0.4, -0.2) is 31.4 Å². The standard InChI is InChI=1S/C17H14N4O4S2/c1-21-13(8-12(20-27(21,23)24)14-5-3-7-25-14)16(22)19-17-11(9-18)10-4-2-6-15(10)26-17/h3,5,7-8H,2,4,6H2,1H3,(H,19,22). The number of nitrogens with zero attached hydrogens (tertiary/aromatic N) is 3. The van der Waals surface area contributed by atoms with Gasteiger partial charge in [-0.25, -0.2) is 4.31 Å². The molecule has 1 amide bonds. The molecule has 0 radical (unpaired) electrons. The number of aryl methyl sites for hydroxylation is 1. The first-order chi connectivity index (χ1) is 12.9. The first kappa shape index (κ1) is 17.5. The van der Waals surface area contributed by atoms with E-state index in [-0.39, 0.29) is 17.2 Å². The molecule has 4 rings (SSSR count). The quantitative estimate of drug-likeness (QED) is 0.845. The number of rotatable bonds is 3. The van der Waals surface area contributed by atoms with Gasteiger partial charge in [-0.05, 0) is 43.0 Å². The van der Waals surface area contributed by atoms with Gasteiger partial charge in [0.15, 0.2) is 5.76 Å². The summed E-state index contributed by atoms with van der Waals surface area (Å²) >= 11 is 1.37. The van der Waals surface area contributed by atoms with Crippen LogP contribution in [0, 0.1) is 11.3 Å². The Morgan fingerprint density at radius 1 is 1.44 bits per heavy atom. The second-order valence-corrected chi connectivity index (χ2v) is 8.79. The number of fused-ring (bicyclic) bond motifs is 1. The normalized spacial score (nSPS) is 17.7. The van der Waals surface area contributed by atoms with Crippen molar-refractivity contribution in [2.75, 3.05) is 12.4 Å². The van der Waals surface area contributed by atoms with Crippen LogP contribution in [0.5, 0.6) is 0 Å². The zero-order valence-corrected chi connectivity index (χ0v) is 15.9. The fraction of sp³-hybridized carbons (Fsp3) is 0.235. The van der Waals surface area contributed by atoms with E-state index in [9.17, 15) is 18.5 Å². The largest absolute Gasteiger partial charge is 0.463 e.